The van der Waals surface area contributed by atoms with Crippen molar-refractivity contribution in [2.45, 2.75) is 0 Å². The highest BCUT2D eigenvalue weighted by Crippen LogP contribution is 2.46. The van der Waals surface area contributed by atoms with E-state index in [4.69, 9.17) is 19.4 Å². The van der Waals surface area contributed by atoms with Crippen LogP contribution in [0.5, 0.6) is 0 Å². The molecule has 5 heteroatoms. The van der Waals surface area contributed by atoms with Crippen LogP contribution in [0.3, 0.4) is 0 Å². The Labute approximate surface area is 395 Å². The van der Waals surface area contributed by atoms with Gasteiger partial charge in [-0.1, -0.05) is 200 Å². The third-order valence-electron chi connectivity index (χ3n) is 12.5. The van der Waals surface area contributed by atoms with E-state index < -0.39 is 0 Å². The summed E-state index contributed by atoms with van der Waals surface area (Å²) >= 11 is 0. The maximum atomic E-state index is 6.79. The van der Waals surface area contributed by atoms with Crippen LogP contribution in [0.2, 0.25) is 0 Å². The Morgan fingerprint density at radius 1 is 0.265 bits per heavy atom. The molecule has 2 heterocycles. The highest BCUT2D eigenvalue weighted by molar-refractivity contribution is 6.14. The maximum absolute atomic E-state index is 6.79. The minimum absolute atomic E-state index is 0.530. The summed E-state index contributed by atoms with van der Waals surface area (Å²) in [4.78, 5) is 18.2. The van der Waals surface area contributed by atoms with Crippen LogP contribution in [0.15, 0.2) is 259 Å². The first-order chi connectivity index (χ1) is 33.7. The van der Waals surface area contributed by atoms with Gasteiger partial charge in [-0.15, -0.1) is 0 Å². The zero-order valence-corrected chi connectivity index (χ0v) is 36.9. The minimum atomic E-state index is 0.530. The average Bonchev–Trinajstić information content (AvgIpc) is 3.81. The molecule has 0 bridgehead atoms. The number of aromatic nitrogens is 3. The monoisotopic (exact) mass is 870 g/mol. The van der Waals surface area contributed by atoms with Crippen molar-refractivity contribution in [2.24, 2.45) is 0 Å². The smallest absolute Gasteiger partial charge is 0.164 e. The molecule has 320 valence electrons. The standard InChI is InChI=1S/C63H42N4O/c1-5-17-43(18-6-1)47-31-35-54(36-32-47)67(55-37-33-48(34-38-55)44-19-7-2-8-20-44)57-41-53(42-59-60(57)56-29-13-14-30-58(56)68-59)63-65-61(51-27-15-25-49(39-51)45-21-9-3-10-22-45)64-62(66-63)52-28-16-26-50(40-52)46-23-11-4-12-24-46/h1-42H. The van der Waals surface area contributed by atoms with Gasteiger partial charge in [0, 0.05) is 33.5 Å². The predicted molar refractivity (Wildman–Crippen MR) is 280 cm³/mol. The second-order valence-corrected chi connectivity index (χ2v) is 16.8. The molecule has 5 nitrogen and oxygen atoms in total. The molecule has 0 fully saturated rings. The van der Waals surface area contributed by atoms with E-state index in [-0.39, 0.29) is 0 Å². The predicted octanol–water partition coefficient (Wildman–Crippen LogP) is 16.9. The molecule has 0 aliphatic rings. The fourth-order valence-electron chi connectivity index (χ4n) is 9.13. The third kappa shape index (κ3) is 7.88. The summed E-state index contributed by atoms with van der Waals surface area (Å²) in [5, 5.41) is 2.01. The minimum Gasteiger partial charge on any atom is -0.456 e. The Bertz CT molecular complexity index is 3520. The number of hydrogen-bond donors (Lipinski definition) is 0. The van der Waals surface area contributed by atoms with Crippen LogP contribution >= 0.6 is 0 Å². The first-order valence-corrected chi connectivity index (χ1v) is 22.8. The van der Waals surface area contributed by atoms with Gasteiger partial charge < -0.3 is 9.32 Å². The number of hydrogen-bond acceptors (Lipinski definition) is 5. The summed E-state index contributed by atoms with van der Waals surface area (Å²) in [6.07, 6.45) is 0. The number of benzene rings is 10. The highest BCUT2D eigenvalue weighted by atomic mass is 16.3. The molecular formula is C63H42N4O. The van der Waals surface area contributed by atoms with Gasteiger partial charge in [0.1, 0.15) is 11.2 Å². The van der Waals surface area contributed by atoms with Gasteiger partial charge >= 0.3 is 0 Å². The van der Waals surface area contributed by atoms with Crippen LogP contribution in [0.1, 0.15) is 0 Å². The summed E-state index contributed by atoms with van der Waals surface area (Å²) < 4.78 is 6.79. The molecule has 0 saturated carbocycles. The number of nitrogens with zero attached hydrogens (tertiary/aromatic N) is 4. The van der Waals surface area contributed by atoms with Crippen molar-refractivity contribution in [3.05, 3.63) is 255 Å². The van der Waals surface area contributed by atoms with E-state index in [9.17, 15) is 0 Å². The van der Waals surface area contributed by atoms with Crippen LogP contribution in [-0.2, 0) is 0 Å². The van der Waals surface area contributed by atoms with E-state index in [1.165, 1.54) is 0 Å². The average molecular weight is 871 g/mol. The van der Waals surface area contributed by atoms with Gasteiger partial charge in [-0.25, -0.2) is 15.0 Å². The molecule has 0 amide bonds. The molecule has 0 aliphatic carbocycles. The first kappa shape index (κ1) is 40.3. The van der Waals surface area contributed by atoms with E-state index in [2.05, 4.69) is 223 Å². The molecule has 0 atom stereocenters. The van der Waals surface area contributed by atoms with E-state index in [0.717, 1.165) is 100 Å². The van der Waals surface area contributed by atoms with Gasteiger partial charge in [-0.05, 0) is 99.1 Å². The molecule has 0 N–H and O–H groups in total. The van der Waals surface area contributed by atoms with Crippen molar-refractivity contribution in [3.8, 4) is 78.7 Å². The fraction of sp³-hybridized carbons (Fsp3) is 0. The second kappa shape index (κ2) is 17.7. The lowest BCUT2D eigenvalue weighted by Gasteiger charge is -2.27. The van der Waals surface area contributed by atoms with E-state index in [0.29, 0.717) is 17.5 Å². The molecule has 0 spiro atoms. The summed E-state index contributed by atoms with van der Waals surface area (Å²) in [6, 6.07) is 88.8. The maximum Gasteiger partial charge on any atom is 0.164 e. The Balaban J connectivity index is 1.08. The van der Waals surface area contributed by atoms with Gasteiger partial charge in [0.15, 0.2) is 17.5 Å². The zero-order chi connectivity index (χ0) is 45.2. The van der Waals surface area contributed by atoms with Gasteiger partial charge in [0.05, 0.1) is 11.1 Å². The highest BCUT2D eigenvalue weighted by Gasteiger charge is 2.23. The fourth-order valence-corrected chi connectivity index (χ4v) is 9.13. The van der Waals surface area contributed by atoms with Crippen LogP contribution in [0, 0.1) is 0 Å². The van der Waals surface area contributed by atoms with E-state index in [1.54, 1.807) is 0 Å². The summed E-state index contributed by atoms with van der Waals surface area (Å²) in [5.41, 5.74) is 16.0. The molecule has 0 radical (unpaired) electrons. The van der Waals surface area contributed by atoms with Crippen molar-refractivity contribution < 1.29 is 4.42 Å². The molecule has 10 aromatic carbocycles. The van der Waals surface area contributed by atoms with Crippen LogP contribution < -0.4 is 4.90 Å². The van der Waals surface area contributed by atoms with Gasteiger partial charge in [0.2, 0.25) is 0 Å². The lowest BCUT2D eigenvalue weighted by molar-refractivity contribution is 0.669. The van der Waals surface area contributed by atoms with Crippen molar-refractivity contribution >= 4 is 39.0 Å². The summed E-state index contributed by atoms with van der Waals surface area (Å²) in [7, 11) is 0. The van der Waals surface area contributed by atoms with Crippen molar-refractivity contribution in [1.29, 1.82) is 0 Å². The lowest BCUT2D eigenvalue weighted by Crippen LogP contribution is -2.11. The largest absolute Gasteiger partial charge is 0.456 e. The Kier molecular flexibility index (Phi) is 10.5. The van der Waals surface area contributed by atoms with Crippen LogP contribution in [0.25, 0.3) is 101 Å². The summed E-state index contributed by atoms with van der Waals surface area (Å²) in [6.45, 7) is 0. The van der Waals surface area contributed by atoms with Crippen molar-refractivity contribution in [2.75, 3.05) is 4.90 Å². The molecule has 68 heavy (non-hydrogen) atoms. The molecule has 0 unspecified atom stereocenters. The molecule has 12 rings (SSSR count). The molecule has 0 aliphatic heterocycles. The molecule has 2 aromatic heterocycles. The normalized spacial score (nSPS) is 11.2. The Morgan fingerprint density at radius 2 is 0.632 bits per heavy atom. The number of para-hydroxylation sites is 1. The third-order valence-corrected chi connectivity index (χ3v) is 12.5. The molecule has 0 saturated heterocycles. The van der Waals surface area contributed by atoms with Crippen LogP contribution in [0.4, 0.5) is 17.1 Å². The van der Waals surface area contributed by atoms with Gasteiger partial charge in [-0.2, -0.15) is 0 Å². The van der Waals surface area contributed by atoms with Gasteiger partial charge in [-0.3, -0.25) is 0 Å². The molecular weight excluding hydrogens is 829 g/mol. The molecule has 12 aromatic rings. The van der Waals surface area contributed by atoms with Gasteiger partial charge in [0.25, 0.3) is 0 Å². The topological polar surface area (TPSA) is 55.1 Å². The number of rotatable bonds is 10. The number of furan rings is 1. The summed E-state index contributed by atoms with van der Waals surface area (Å²) in [5.74, 6) is 1.68. The van der Waals surface area contributed by atoms with Crippen molar-refractivity contribution in [3.63, 3.8) is 0 Å². The second-order valence-electron chi connectivity index (χ2n) is 16.8. The Morgan fingerprint density at radius 3 is 1.10 bits per heavy atom. The lowest BCUT2D eigenvalue weighted by atomic mass is 10.0. The van der Waals surface area contributed by atoms with E-state index in [1.807, 2.05) is 36.4 Å². The van der Waals surface area contributed by atoms with Crippen molar-refractivity contribution in [1.82, 2.24) is 15.0 Å². The number of anilines is 3. The van der Waals surface area contributed by atoms with Crippen LogP contribution in [-0.4, -0.2) is 15.0 Å². The SMILES string of the molecule is c1ccc(-c2ccc(N(c3ccc(-c4ccccc4)cc3)c3cc(-c4nc(-c5cccc(-c6ccccc6)c5)nc(-c5cccc(-c6ccccc6)c5)n4)cc4oc5ccccc5c34)cc2)cc1. The van der Waals surface area contributed by atoms with E-state index >= 15 is 0 Å². The first-order valence-electron chi connectivity index (χ1n) is 22.8. The quantitative estimate of drug-likeness (QED) is 0.137. The number of fused-ring (bicyclic) bond motifs is 3. The zero-order valence-electron chi connectivity index (χ0n) is 36.9. The Hall–Kier alpha value is -9.19.